The van der Waals surface area contributed by atoms with Gasteiger partial charge in [-0.15, -0.1) is 0 Å². The SMILES string of the molecule is CC[C@H]1C[C@@H](C2CCCCC2)C2CCCCC2S(=O)(=O)C1. The van der Waals surface area contributed by atoms with Gasteiger partial charge in [0.2, 0.25) is 0 Å². The molecule has 3 rings (SSSR count). The van der Waals surface area contributed by atoms with Crippen LogP contribution in [0.1, 0.15) is 77.6 Å². The van der Waals surface area contributed by atoms with Crippen LogP contribution >= 0.6 is 0 Å². The molecule has 0 spiro atoms. The molecule has 0 aromatic heterocycles. The maximum Gasteiger partial charge on any atom is 0.153 e. The number of hydrogen-bond acceptors (Lipinski definition) is 2. The second kappa shape index (κ2) is 6.60. The third-order valence-corrected chi connectivity index (χ3v) is 9.11. The van der Waals surface area contributed by atoms with Gasteiger partial charge in [-0.2, -0.15) is 0 Å². The average Bonchev–Trinajstić information content (AvgIpc) is 2.63. The highest BCUT2D eigenvalue weighted by molar-refractivity contribution is 7.92. The van der Waals surface area contributed by atoms with Gasteiger partial charge in [0, 0.05) is 0 Å². The van der Waals surface area contributed by atoms with Crippen LogP contribution in [0.5, 0.6) is 0 Å². The van der Waals surface area contributed by atoms with Gasteiger partial charge >= 0.3 is 0 Å². The Morgan fingerprint density at radius 2 is 1.52 bits per heavy atom. The molecule has 0 N–H and O–H groups in total. The van der Waals surface area contributed by atoms with E-state index in [9.17, 15) is 8.42 Å². The van der Waals surface area contributed by atoms with Crippen molar-refractivity contribution in [2.45, 2.75) is 82.8 Å². The lowest BCUT2D eigenvalue weighted by Gasteiger charge is -2.40. The van der Waals surface area contributed by atoms with Gasteiger partial charge in [0.05, 0.1) is 11.0 Å². The number of hydrogen-bond donors (Lipinski definition) is 0. The summed E-state index contributed by atoms with van der Waals surface area (Å²) in [5, 5.41) is 0.00901. The first-order chi connectivity index (χ1) is 10.1. The normalized spacial score (nSPS) is 41.2. The van der Waals surface area contributed by atoms with Gasteiger partial charge in [-0.25, -0.2) is 8.42 Å². The van der Waals surface area contributed by atoms with Crippen molar-refractivity contribution in [3.8, 4) is 0 Å². The van der Waals surface area contributed by atoms with Gasteiger partial charge < -0.3 is 0 Å². The Kier molecular flexibility index (Phi) is 4.97. The highest BCUT2D eigenvalue weighted by atomic mass is 32.2. The Bertz CT molecular complexity index is 436. The zero-order chi connectivity index (χ0) is 14.9. The van der Waals surface area contributed by atoms with E-state index in [0.717, 1.165) is 25.2 Å². The van der Waals surface area contributed by atoms with E-state index in [0.29, 0.717) is 23.5 Å². The van der Waals surface area contributed by atoms with Crippen LogP contribution in [0.3, 0.4) is 0 Å². The van der Waals surface area contributed by atoms with E-state index in [-0.39, 0.29) is 5.25 Å². The monoisotopic (exact) mass is 312 g/mol. The fourth-order valence-corrected chi connectivity index (χ4v) is 8.20. The molecule has 2 nitrogen and oxygen atoms in total. The van der Waals surface area contributed by atoms with Crippen LogP contribution < -0.4 is 0 Å². The van der Waals surface area contributed by atoms with Crippen LogP contribution in [0, 0.1) is 23.7 Å². The molecule has 2 unspecified atom stereocenters. The van der Waals surface area contributed by atoms with Crippen molar-refractivity contribution in [2.75, 3.05) is 5.75 Å². The molecule has 2 saturated carbocycles. The number of rotatable bonds is 2. The summed E-state index contributed by atoms with van der Waals surface area (Å²) in [7, 11) is -2.85. The van der Waals surface area contributed by atoms with Crippen LogP contribution in [0.15, 0.2) is 0 Å². The van der Waals surface area contributed by atoms with E-state index in [1.165, 1.54) is 51.4 Å². The summed E-state index contributed by atoms with van der Waals surface area (Å²) in [6.07, 6.45) is 13.6. The predicted octanol–water partition coefficient (Wildman–Crippen LogP) is 4.59. The standard InChI is InChI=1S/C18H32O2S/c1-2-14-12-17(15-8-4-3-5-9-15)16-10-6-7-11-18(16)21(19,20)13-14/h14-18H,2-13H2,1H3/t14-,16?,17-,18?/m0/s1. The first-order valence-corrected chi connectivity index (χ1v) is 11.0. The van der Waals surface area contributed by atoms with Crippen LogP contribution in [-0.4, -0.2) is 19.4 Å². The van der Waals surface area contributed by atoms with Crippen molar-refractivity contribution < 1.29 is 8.42 Å². The van der Waals surface area contributed by atoms with Gasteiger partial charge in [-0.05, 0) is 42.9 Å². The molecule has 3 heteroatoms. The third-order valence-electron chi connectivity index (χ3n) is 6.67. The first-order valence-electron chi connectivity index (χ1n) is 9.33. The molecule has 0 radical (unpaired) electrons. The highest BCUT2D eigenvalue weighted by Crippen LogP contribution is 2.47. The lowest BCUT2D eigenvalue weighted by molar-refractivity contribution is 0.127. The Hall–Kier alpha value is -0.0500. The Balaban J connectivity index is 1.88. The third kappa shape index (κ3) is 3.33. The zero-order valence-electron chi connectivity index (χ0n) is 13.6. The van der Waals surface area contributed by atoms with E-state index in [4.69, 9.17) is 0 Å². The summed E-state index contributed by atoms with van der Waals surface area (Å²) in [6, 6.07) is 0. The minimum Gasteiger partial charge on any atom is -0.229 e. The molecule has 0 aromatic rings. The van der Waals surface area contributed by atoms with E-state index in [1.54, 1.807) is 0 Å². The number of sulfone groups is 1. The van der Waals surface area contributed by atoms with Crippen molar-refractivity contribution in [1.82, 2.24) is 0 Å². The molecule has 0 aromatic carbocycles. The van der Waals surface area contributed by atoms with Crippen molar-refractivity contribution in [3.05, 3.63) is 0 Å². The largest absolute Gasteiger partial charge is 0.229 e. The minimum atomic E-state index is -2.85. The van der Waals surface area contributed by atoms with Gasteiger partial charge in [0.25, 0.3) is 0 Å². The molecule has 1 heterocycles. The van der Waals surface area contributed by atoms with Crippen molar-refractivity contribution in [3.63, 3.8) is 0 Å². The summed E-state index contributed by atoms with van der Waals surface area (Å²) in [6.45, 7) is 2.19. The van der Waals surface area contributed by atoms with Gasteiger partial charge in [-0.1, -0.05) is 58.3 Å². The molecular formula is C18H32O2S. The van der Waals surface area contributed by atoms with E-state index in [2.05, 4.69) is 6.92 Å². The fourth-order valence-electron chi connectivity index (χ4n) is 5.53. The summed E-state index contributed by atoms with van der Waals surface area (Å²) < 4.78 is 25.7. The molecule has 2 aliphatic carbocycles. The molecule has 1 saturated heterocycles. The zero-order valence-corrected chi connectivity index (χ0v) is 14.4. The Morgan fingerprint density at radius 3 is 2.24 bits per heavy atom. The molecule has 0 bridgehead atoms. The van der Waals surface area contributed by atoms with Crippen LogP contribution in [0.2, 0.25) is 0 Å². The fraction of sp³-hybridized carbons (Fsp3) is 1.00. The summed E-state index contributed by atoms with van der Waals surface area (Å²) in [4.78, 5) is 0. The van der Waals surface area contributed by atoms with Gasteiger partial charge in [0.15, 0.2) is 9.84 Å². The van der Waals surface area contributed by atoms with Crippen LogP contribution in [-0.2, 0) is 9.84 Å². The predicted molar refractivity (Wildman–Crippen MR) is 88.0 cm³/mol. The second-order valence-corrected chi connectivity index (χ2v) is 10.2. The summed E-state index contributed by atoms with van der Waals surface area (Å²) >= 11 is 0. The van der Waals surface area contributed by atoms with Crippen LogP contribution in [0.4, 0.5) is 0 Å². The molecule has 122 valence electrons. The molecule has 3 fully saturated rings. The van der Waals surface area contributed by atoms with Gasteiger partial charge in [-0.3, -0.25) is 0 Å². The van der Waals surface area contributed by atoms with E-state index >= 15 is 0 Å². The Labute approximate surface area is 131 Å². The topological polar surface area (TPSA) is 34.1 Å². The molecular weight excluding hydrogens is 280 g/mol. The molecule has 3 aliphatic rings. The smallest absolute Gasteiger partial charge is 0.153 e. The highest BCUT2D eigenvalue weighted by Gasteiger charge is 2.46. The van der Waals surface area contributed by atoms with Crippen molar-refractivity contribution >= 4 is 9.84 Å². The van der Waals surface area contributed by atoms with E-state index < -0.39 is 9.84 Å². The molecule has 0 amide bonds. The quantitative estimate of drug-likeness (QED) is 0.747. The molecule has 4 atom stereocenters. The Morgan fingerprint density at radius 1 is 0.857 bits per heavy atom. The van der Waals surface area contributed by atoms with E-state index in [1.807, 2.05) is 0 Å². The van der Waals surface area contributed by atoms with Gasteiger partial charge in [0.1, 0.15) is 0 Å². The van der Waals surface area contributed by atoms with Crippen LogP contribution in [0.25, 0.3) is 0 Å². The molecule has 1 aliphatic heterocycles. The lowest BCUT2D eigenvalue weighted by Crippen LogP contribution is -2.38. The minimum absolute atomic E-state index is 0.00901. The first kappa shape index (κ1) is 15.8. The average molecular weight is 313 g/mol. The van der Waals surface area contributed by atoms with Crippen molar-refractivity contribution in [2.24, 2.45) is 23.7 Å². The molecule has 21 heavy (non-hydrogen) atoms. The maximum atomic E-state index is 12.8. The second-order valence-electron chi connectivity index (χ2n) is 7.89. The summed E-state index contributed by atoms with van der Waals surface area (Å²) in [5.41, 5.74) is 0. The lowest BCUT2D eigenvalue weighted by atomic mass is 9.66. The number of fused-ring (bicyclic) bond motifs is 1. The maximum absolute atomic E-state index is 12.8. The van der Waals surface area contributed by atoms with Crippen molar-refractivity contribution in [1.29, 1.82) is 0 Å². The summed E-state index contributed by atoms with van der Waals surface area (Å²) in [5.74, 6) is 2.92.